The molecule has 10 heteroatoms. The van der Waals surface area contributed by atoms with Gasteiger partial charge in [-0.3, -0.25) is 4.79 Å². The zero-order valence-corrected chi connectivity index (χ0v) is 23.0. The van der Waals surface area contributed by atoms with Gasteiger partial charge in [0.2, 0.25) is 0 Å². The Morgan fingerprint density at radius 3 is 2.74 bits per heavy atom. The summed E-state index contributed by atoms with van der Waals surface area (Å²) in [6, 6.07) is 13.6. The van der Waals surface area contributed by atoms with Crippen LogP contribution < -0.4 is 14.9 Å². The van der Waals surface area contributed by atoms with E-state index in [1.165, 1.54) is 35.9 Å². The van der Waals surface area contributed by atoms with Gasteiger partial charge in [0.25, 0.3) is 5.91 Å². The number of benzene rings is 2. The third-order valence-corrected chi connectivity index (χ3v) is 7.43. The van der Waals surface area contributed by atoms with Crippen molar-refractivity contribution in [2.24, 2.45) is 5.10 Å². The van der Waals surface area contributed by atoms with Crippen LogP contribution in [0.15, 0.2) is 56.4 Å². The van der Waals surface area contributed by atoms with Crippen LogP contribution in [0.2, 0.25) is 0 Å². The predicted octanol–water partition coefficient (Wildman–Crippen LogP) is 6.57. The maximum Gasteiger partial charge on any atom is 0.250 e. The molecule has 1 heterocycles. The summed E-state index contributed by atoms with van der Waals surface area (Å²) < 4.78 is 13.3. The summed E-state index contributed by atoms with van der Waals surface area (Å²) in [5.41, 5.74) is 4.35. The van der Waals surface area contributed by atoms with Gasteiger partial charge in [-0.1, -0.05) is 79.6 Å². The van der Waals surface area contributed by atoms with E-state index < -0.39 is 0 Å². The van der Waals surface area contributed by atoms with Gasteiger partial charge in [-0.05, 0) is 47.0 Å². The van der Waals surface area contributed by atoms with E-state index in [4.69, 9.17) is 9.47 Å². The number of carbonyl (C=O) groups excluding carboxylic acids is 1. The number of unbranched alkanes of at least 4 members (excludes halogenated alkanes) is 3. The monoisotopic (exact) mass is 576 g/mol. The van der Waals surface area contributed by atoms with E-state index in [0.717, 1.165) is 37.8 Å². The Morgan fingerprint density at radius 1 is 1.14 bits per heavy atom. The van der Waals surface area contributed by atoms with Gasteiger partial charge >= 0.3 is 0 Å². The van der Waals surface area contributed by atoms with Crippen LogP contribution in [0.1, 0.15) is 45.1 Å². The molecule has 0 spiro atoms. The number of ether oxygens (including phenoxy) is 2. The van der Waals surface area contributed by atoms with E-state index in [1.807, 2.05) is 49.4 Å². The van der Waals surface area contributed by atoms with Crippen LogP contribution >= 0.6 is 39.0 Å². The summed E-state index contributed by atoms with van der Waals surface area (Å²) in [5.74, 6) is 1.30. The second-order valence-electron chi connectivity index (χ2n) is 7.49. The number of hydrogen-bond acceptors (Lipinski definition) is 8. The zero-order valence-electron chi connectivity index (χ0n) is 19.8. The fraction of sp³-hybridized carbons (Fsp3) is 0.360. The maximum atomic E-state index is 12.2. The second-order valence-corrected chi connectivity index (χ2v) is 10.5. The van der Waals surface area contributed by atoms with E-state index in [0.29, 0.717) is 24.7 Å². The third kappa shape index (κ3) is 8.94. The lowest BCUT2D eigenvalue weighted by Crippen LogP contribution is -2.19. The summed E-state index contributed by atoms with van der Waals surface area (Å²) in [7, 11) is 0. The number of halogens is 1. The zero-order chi connectivity index (χ0) is 24.9. The van der Waals surface area contributed by atoms with Gasteiger partial charge in [0.1, 0.15) is 5.01 Å². The molecule has 0 saturated carbocycles. The van der Waals surface area contributed by atoms with Gasteiger partial charge < -0.3 is 9.47 Å². The minimum absolute atomic E-state index is 0.194. The van der Waals surface area contributed by atoms with Crippen LogP contribution in [0.5, 0.6) is 11.5 Å². The Balaban J connectivity index is 1.51. The van der Waals surface area contributed by atoms with Crippen LogP contribution in [0.3, 0.4) is 0 Å². The largest absolute Gasteiger partial charge is 0.490 e. The summed E-state index contributed by atoms with van der Waals surface area (Å²) in [6.45, 7) is 5.27. The first kappa shape index (κ1) is 27.2. The van der Waals surface area contributed by atoms with Gasteiger partial charge in [-0.25, -0.2) is 5.43 Å². The molecule has 0 atom stereocenters. The Hall–Kier alpha value is -2.43. The predicted molar refractivity (Wildman–Crippen MR) is 147 cm³/mol. The SMILES string of the molecule is CCCCCCOc1c(Br)cc(C=NNC(=O)CSc2nnc(-c3ccccc3)s2)cc1OCC. The first-order chi connectivity index (χ1) is 17.1. The quantitative estimate of drug-likeness (QED) is 0.101. The fourth-order valence-electron chi connectivity index (χ4n) is 3.07. The number of amides is 1. The Bertz CT molecular complexity index is 1110. The van der Waals surface area contributed by atoms with Crippen molar-refractivity contribution in [3.05, 3.63) is 52.5 Å². The lowest BCUT2D eigenvalue weighted by molar-refractivity contribution is -0.118. The fourth-order valence-corrected chi connectivity index (χ4v) is 5.30. The van der Waals surface area contributed by atoms with Gasteiger partial charge in [-0.2, -0.15) is 5.10 Å². The normalized spacial score (nSPS) is 11.1. The van der Waals surface area contributed by atoms with Crippen LogP contribution in [0, 0.1) is 0 Å². The highest BCUT2D eigenvalue weighted by molar-refractivity contribution is 9.10. The average Bonchev–Trinajstić information content (AvgIpc) is 3.34. The molecule has 0 fully saturated rings. The molecule has 0 saturated heterocycles. The summed E-state index contributed by atoms with van der Waals surface area (Å²) >= 11 is 6.36. The van der Waals surface area contributed by atoms with Crippen LogP contribution in [0.25, 0.3) is 10.6 Å². The van der Waals surface area contributed by atoms with E-state index in [9.17, 15) is 4.79 Å². The molecule has 0 bridgehead atoms. The van der Waals surface area contributed by atoms with E-state index in [2.05, 4.69) is 43.6 Å². The number of carbonyl (C=O) groups is 1. The van der Waals surface area contributed by atoms with Crippen molar-refractivity contribution in [1.29, 1.82) is 0 Å². The molecule has 1 N–H and O–H groups in total. The van der Waals surface area contributed by atoms with E-state index >= 15 is 0 Å². The smallest absolute Gasteiger partial charge is 0.250 e. The minimum Gasteiger partial charge on any atom is -0.490 e. The first-order valence-electron chi connectivity index (χ1n) is 11.5. The van der Waals surface area contributed by atoms with Crippen LogP contribution in [0.4, 0.5) is 0 Å². The third-order valence-electron chi connectivity index (χ3n) is 4.73. The topological polar surface area (TPSA) is 85.7 Å². The van der Waals surface area contributed by atoms with Crippen molar-refractivity contribution < 1.29 is 14.3 Å². The van der Waals surface area contributed by atoms with Crippen LogP contribution in [-0.2, 0) is 4.79 Å². The summed E-state index contributed by atoms with van der Waals surface area (Å²) in [6.07, 6.45) is 6.13. The van der Waals surface area contributed by atoms with E-state index in [-0.39, 0.29) is 11.7 Å². The van der Waals surface area contributed by atoms with Gasteiger partial charge in [0, 0.05) is 5.56 Å². The number of aromatic nitrogens is 2. The lowest BCUT2D eigenvalue weighted by Gasteiger charge is -2.14. The molecular weight excluding hydrogens is 548 g/mol. The molecule has 35 heavy (non-hydrogen) atoms. The van der Waals surface area contributed by atoms with Crippen LogP contribution in [-0.4, -0.2) is 41.3 Å². The van der Waals surface area contributed by atoms with Crippen molar-refractivity contribution in [2.45, 2.75) is 43.9 Å². The molecule has 0 aliphatic rings. The first-order valence-corrected chi connectivity index (χ1v) is 14.1. The van der Waals surface area contributed by atoms with Crippen molar-refractivity contribution >= 4 is 51.2 Å². The number of nitrogens with zero attached hydrogens (tertiary/aromatic N) is 3. The number of hydrogen-bond donors (Lipinski definition) is 1. The number of nitrogens with one attached hydrogen (secondary N) is 1. The molecule has 186 valence electrons. The van der Waals surface area contributed by atoms with Gasteiger partial charge in [-0.15, -0.1) is 10.2 Å². The molecule has 7 nitrogen and oxygen atoms in total. The minimum atomic E-state index is -0.223. The van der Waals surface area contributed by atoms with E-state index in [1.54, 1.807) is 6.21 Å². The second kappa shape index (κ2) is 14.9. The van der Waals surface area contributed by atoms with Crippen molar-refractivity contribution in [1.82, 2.24) is 15.6 Å². The standard InChI is InChI=1S/C25H29BrN4O3S2/c1-3-5-6-10-13-33-23-20(26)14-18(15-21(23)32-4-2)16-27-28-22(31)17-34-25-30-29-24(35-25)19-11-8-7-9-12-19/h7-9,11-12,14-16H,3-6,10,13,17H2,1-2H3,(H,28,31). The molecule has 0 unspecified atom stereocenters. The molecule has 2 aromatic carbocycles. The van der Waals surface area contributed by atoms with Gasteiger partial charge in [0.05, 0.1) is 29.7 Å². The molecule has 1 aromatic heterocycles. The number of hydrazone groups is 1. The van der Waals surface area contributed by atoms with Crippen molar-refractivity contribution in [2.75, 3.05) is 19.0 Å². The molecular formula is C25H29BrN4O3S2. The highest BCUT2D eigenvalue weighted by atomic mass is 79.9. The maximum absolute atomic E-state index is 12.2. The number of thioether (sulfide) groups is 1. The molecule has 0 aliphatic heterocycles. The molecule has 3 aromatic rings. The highest BCUT2D eigenvalue weighted by Gasteiger charge is 2.12. The molecule has 3 rings (SSSR count). The summed E-state index contributed by atoms with van der Waals surface area (Å²) in [5, 5.41) is 13.3. The number of rotatable bonds is 14. The van der Waals surface area contributed by atoms with Crippen molar-refractivity contribution in [3.8, 4) is 22.1 Å². The molecule has 1 amide bonds. The summed E-state index contributed by atoms with van der Waals surface area (Å²) in [4.78, 5) is 12.2. The van der Waals surface area contributed by atoms with Gasteiger partial charge in [0.15, 0.2) is 15.8 Å². The average molecular weight is 578 g/mol. The highest BCUT2D eigenvalue weighted by Crippen LogP contribution is 2.37. The van der Waals surface area contributed by atoms with Crippen molar-refractivity contribution in [3.63, 3.8) is 0 Å². The Kier molecular flexibility index (Phi) is 11.5. The Morgan fingerprint density at radius 2 is 1.97 bits per heavy atom. The molecule has 0 radical (unpaired) electrons. The Labute approximate surface area is 222 Å². The lowest BCUT2D eigenvalue weighted by atomic mass is 10.2. The molecule has 0 aliphatic carbocycles.